The van der Waals surface area contributed by atoms with Crippen LogP contribution in [0.25, 0.3) is 16.8 Å². The molecule has 0 fully saturated rings. The molecule has 1 aromatic carbocycles. The monoisotopic (exact) mass is 350 g/mol. The van der Waals surface area contributed by atoms with E-state index in [1.165, 1.54) is 23.5 Å². The summed E-state index contributed by atoms with van der Waals surface area (Å²) in [6.07, 6.45) is 7.60. The van der Waals surface area contributed by atoms with Gasteiger partial charge in [-0.25, -0.2) is 4.98 Å². The molecule has 0 atom stereocenters. The van der Waals surface area contributed by atoms with Crippen molar-refractivity contribution in [1.29, 1.82) is 5.26 Å². The van der Waals surface area contributed by atoms with Crippen molar-refractivity contribution < 1.29 is 4.92 Å². The highest BCUT2D eigenvalue weighted by Gasteiger charge is 2.17. The standard InChI is InChI=1S/C18H14N4O2S/c1-2-21-9-4-3-8-17(21)15(11-19)18-20-16(12-25-18)13-6-5-7-14(10-13)22(23)24/h3-10,12H,2H2,1H3/b17-15+. The summed E-state index contributed by atoms with van der Waals surface area (Å²) < 4.78 is 0. The quantitative estimate of drug-likeness (QED) is 0.465. The van der Waals surface area contributed by atoms with Gasteiger partial charge in [0.1, 0.15) is 16.6 Å². The molecular formula is C18H14N4O2S. The van der Waals surface area contributed by atoms with Crippen molar-refractivity contribution in [2.75, 3.05) is 6.54 Å². The SMILES string of the molecule is CCN1C=CC=C/C1=C(/C#N)c1nc(-c2cccc([N+](=O)[O-])c2)cs1. The maximum Gasteiger partial charge on any atom is 0.270 e. The Morgan fingerprint density at radius 1 is 1.44 bits per heavy atom. The van der Waals surface area contributed by atoms with E-state index in [1.54, 1.807) is 12.1 Å². The number of nitriles is 1. The zero-order chi connectivity index (χ0) is 17.8. The Morgan fingerprint density at radius 3 is 3.00 bits per heavy atom. The third kappa shape index (κ3) is 3.34. The molecule has 2 aromatic rings. The molecule has 1 aliphatic heterocycles. The average molecular weight is 350 g/mol. The van der Waals surface area contributed by atoms with Gasteiger partial charge in [0.15, 0.2) is 0 Å². The minimum atomic E-state index is -0.433. The lowest BCUT2D eigenvalue weighted by molar-refractivity contribution is -0.384. The molecule has 6 nitrogen and oxygen atoms in total. The van der Waals surface area contributed by atoms with Crippen LogP contribution in [0.5, 0.6) is 0 Å². The lowest BCUT2D eigenvalue weighted by Crippen LogP contribution is -2.17. The second kappa shape index (κ2) is 7.11. The second-order valence-corrected chi connectivity index (χ2v) is 6.06. The van der Waals surface area contributed by atoms with Gasteiger partial charge in [-0.1, -0.05) is 18.2 Å². The summed E-state index contributed by atoms with van der Waals surface area (Å²) in [6.45, 7) is 2.75. The fourth-order valence-corrected chi connectivity index (χ4v) is 3.32. The Kier molecular flexibility index (Phi) is 4.73. The van der Waals surface area contributed by atoms with Gasteiger partial charge in [-0.3, -0.25) is 10.1 Å². The Morgan fingerprint density at radius 2 is 2.28 bits per heavy atom. The largest absolute Gasteiger partial charge is 0.347 e. The van der Waals surface area contributed by atoms with Gasteiger partial charge < -0.3 is 4.90 Å². The zero-order valence-electron chi connectivity index (χ0n) is 13.4. The summed E-state index contributed by atoms with van der Waals surface area (Å²) in [6, 6.07) is 8.57. The molecule has 0 spiro atoms. The minimum Gasteiger partial charge on any atom is -0.347 e. The van der Waals surface area contributed by atoms with Crippen LogP contribution in [0.4, 0.5) is 5.69 Å². The molecule has 0 amide bonds. The number of non-ortho nitro benzene ring substituents is 1. The topological polar surface area (TPSA) is 83.1 Å². The summed E-state index contributed by atoms with van der Waals surface area (Å²) >= 11 is 1.35. The predicted octanol–water partition coefficient (Wildman–Crippen LogP) is 4.36. The van der Waals surface area contributed by atoms with Crippen LogP contribution >= 0.6 is 11.3 Å². The van der Waals surface area contributed by atoms with E-state index in [1.807, 2.05) is 41.6 Å². The molecule has 25 heavy (non-hydrogen) atoms. The molecule has 0 radical (unpaired) electrons. The number of likely N-dealkylation sites (N-methyl/N-ethyl adjacent to an activating group) is 1. The second-order valence-electron chi connectivity index (χ2n) is 5.20. The maximum absolute atomic E-state index is 10.9. The van der Waals surface area contributed by atoms with Crippen LogP contribution in [0, 0.1) is 21.4 Å². The molecule has 2 heterocycles. The summed E-state index contributed by atoms with van der Waals surface area (Å²) in [5.74, 6) is 0. The molecule has 0 unspecified atom stereocenters. The lowest BCUT2D eigenvalue weighted by atomic mass is 10.1. The van der Waals surface area contributed by atoms with Gasteiger partial charge >= 0.3 is 0 Å². The van der Waals surface area contributed by atoms with E-state index >= 15 is 0 Å². The van der Waals surface area contributed by atoms with E-state index in [-0.39, 0.29) is 5.69 Å². The number of benzene rings is 1. The first-order valence-corrected chi connectivity index (χ1v) is 8.48. The molecule has 7 heteroatoms. The third-order valence-corrected chi connectivity index (χ3v) is 4.58. The predicted molar refractivity (Wildman–Crippen MR) is 97.4 cm³/mol. The number of hydrogen-bond donors (Lipinski definition) is 0. The highest BCUT2D eigenvalue weighted by Crippen LogP contribution is 2.31. The van der Waals surface area contributed by atoms with Crippen molar-refractivity contribution in [3.63, 3.8) is 0 Å². The van der Waals surface area contributed by atoms with Gasteiger partial charge in [0.25, 0.3) is 5.69 Å². The molecule has 0 N–H and O–H groups in total. The summed E-state index contributed by atoms with van der Waals surface area (Å²) in [7, 11) is 0. The van der Waals surface area contributed by atoms with Gasteiger partial charge in [0.2, 0.25) is 0 Å². The molecule has 0 saturated heterocycles. The Labute approximate surface area is 148 Å². The number of thiazole rings is 1. The molecule has 3 rings (SSSR count). The number of nitro benzene ring substituents is 1. The Bertz CT molecular complexity index is 950. The van der Waals surface area contributed by atoms with Crippen molar-refractivity contribution in [1.82, 2.24) is 9.88 Å². The summed E-state index contributed by atoms with van der Waals surface area (Å²) in [5.41, 5.74) is 2.58. The maximum atomic E-state index is 10.9. The molecule has 1 aromatic heterocycles. The highest BCUT2D eigenvalue weighted by molar-refractivity contribution is 7.11. The van der Waals surface area contributed by atoms with E-state index < -0.39 is 4.92 Å². The van der Waals surface area contributed by atoms with Crippen LogP contribution in [-0.2, 0) is 0 Å². The first-order valence-electron chi connectivity index (χ1n) is 7.60. The number of nitrogens with zero attached hydrogens (tertiary/aromatic N) is 4. The molecule has 0 bridgehead atoms. The number of rotatable bonds is 4. The first-order chi connectivity index (χ1) is 12.1. The van der Waals surface area contributed by atoms with E-state index in [9.17, 15) is 15.4 Å². The first kappa shape index (κ1) is 16.6. The van der Waals surface area contributed by atoms with Crippen LogP contribution < -0.4 is 0 Å². The number of allylic oxidation sites excluding steroid dienone is 4. The number of hydrogen-bond acceptors (Lipinski definition) is 6. The van der Waals surface area contributed by atoms with Crippen molar-refractivity contribution in [3.8, 4) is 17.3 Å². The van der Waals surface area contributed by atoms with E-state index in [4.69, 9.17) is 0 Å². The fraction of sp³-hybridized carbons (Fsp3) is 0.111. The smallest absolute Gasteiger partial charge is 0.270 e. The zero-order valence-corrected chi connectivity index (χ0v) is 14.2. The van der Waals surface area contributed by atoms with Crippen molar-refractivity contribution in [2.24, 2.45) is 0 Å². The van der Waals surface area contributed by atoms with E-state index in [0.29, 0.717) is 21.8 Å². The van der Waals surface area contributed by atoms with Gasteiger partial charge in [0, 0.05) is 35.8 Å². The number of aromatic nitrogens is 1. The Hall–Kier alpha value is -3.24. The van der Waals surface area contributed by atoms with Crippen LogP contribution in [0.1, 0.15) is 11.9 Å². The molecular weight excluding hydrogens is 336 g/mol. The fourth-order valence-electron chi connectivity index (χ4n) is 2.49. The van der Waals surface area contributed by atoms with Crippen LogP contribution in [0.2, 0.25) is 0 Å². The highest BCUT2D eigenvalue weighted by atomic mass is 32.1. The van der Waals surface area contributed by atoms with Crippen molar-refractivity contribution >= 4 is 22.6 Å². The van der Waals surface area contributed by atoms with Crippen LogP contribution in [0.3, 0.4) is 0 Å². The Balaban J connectivity index is 2.02. The average Bonchev–Trinajstić information content (AvgIpc) is 3.13. The van der Waals surface area contributed by atoms with Gasteiger partial charge in [-0.05, 0) is 19.1 Å². The van der Waals surface area contributed by atoms with Gasteiger partial charge in [-0.2, -0.15) is 5.26 Å². The molecule has 0 aliphatic carbocycles. The van der Waals surface area contributed by atoms with Crippen molar-refractivity contribution in [2.45, 2.75) is 6.92 Å². The van der Waals surface area contributed by atoms with Crippen LogP contribution in [0.15, 0.2) is 59.8 Å². The summed E-state index contributed by atoms with van der Waals surface area (Å²) in [4.78, 5) is 17.0. The minimum absolute atomic E-state index is 0.0171. The summed E-state index contributed by atoms with van der Waals surface area (Å²) in [5, 5.41) is 23.0. The van der Waals surface area contributed by atoms with Crippen LogP contribution in [-0.4, -0.2) is 21.4 Å². The molecule has 0 saturated carbocycles. The number of nitro groups is 1. The van der Waals surface area contributed by atoms with Gasteiger partial charge in [-0.15, -0.1) is 11.3 Å². The van der Waals surface area contributed by atoms with Gasteiger partial charge in [0.05, 0.1) is 16.3 Å². The normalized spacial score (nSPS) is 15.1. The van der Waals surface area contributed by atoms with E-state index in [0.717, 1.165) is 12.2 Å². The van der Waals surface area contributed by atoms with Crippen molar-refractivity contribution in [3.05, 3.63) is 74.9 Å². The molecule has 1 aliphatic rings. The van der Waals surface area contributed by atoms with E-state index in [2.05, 4.69) is 11.1 Å². The molecule has 124 valence electrons. The third-order valence-electron chi connectivity index (χ3n) is 3.72. The lowest BCUT2D eigenvalue weighted by Gasteiger charge is -2.22.